The Hall–Kier alpha value is -1.40. The second kappa shape index (κ2) is 6.72. The summed E-state index contributed by atoms with van der Waals surface area (Å²) in [4.78, 5) is 2.36. The van der Waals surface area contributed by atoms with Crippen LogP contribution in [0.5, 0.6) is 0 Å². The average molecular weight is 377 g/mol. The van der Waals surface area contributed by atoms with E-state index in [4.69, 9.17) is 11.6 Å². The van der Waals surface area contributed by atoms with Crippen molar-refractivity contribution in [3.63, 3.8) is 0 Å². The van der Waals surface area contributed by atoms with Gasteiger partial charge in [0, 0.05) is 43.2 Å². The molecule has 0 aliphatic carbocycles. The lowest BCUT2D eigenvalue weighted by Gasteiger charge is -2.43. The maximum absolute atomic E-state index is 12.7. The standard InChI is InChI=1S/C19H21ClN2O2S/c20-18-8-4-7-16(9-18)10-21-11-17-12-22(13-19(17)21)25(23,24)14-15-5-2-1-3-6-15/h1-9,17,19H,10-14H2/t17-,19+/m0/s1. The molecule has 132 valence electrons. The highest BCUT2D eigenvalue weighted by atomic mass is 35.5. The van der Waals surface area contributed by atoms with Crippen molar-refractivity contribution in [1.82, 2.24) is 9.21 Å². The first kappa shape index (κ1) is 17.0. The van der Waals surface area contributed by atoms with Gasteiger partial charge in [0.1, 0.15) is 0 Å². The Morgan fingerprint density at radius 2 is 1.72 bits per heavy atom. The Bertz CT molecular complexity index is 857. The van der Waals surface area contributed by atoms with Gasteiger partial charge in [-0.05, 0) is 23.3 Å². The van der Waals surface area contributed by atoms with Crippen molar-refractivity contribution in [2.45, 2.75) is 18.3 Å². The first-order chi connectivity index (χ1) is 12.0. The van der Waals surface area contributed by atoms with E-state index in [1.54, 1.807) is 4.31 Å². The van der Waals surface area contributed by atoms with E-state index in [0.29, 0.717) is 25.0 Å². The third-order valence-corrected chi connectivity index (χ3v) is 7.19. The molecule has 6 heteroatoms. The molecule has 2 heterocycles. The zero-order valence-electron chi connectivity index (χ0n) is 13.9. The van der Waals surface area contributed by atoms with Crippen molar-refractivity contribution in [1.29, 1.82) is 0 Å². The van der Waals surface area contributed by atoms with Gasteiger partial charge in [-0.3, -0.25) is 4.90 Å². The number of nitrogens with zero attached hydrogens (tertiary/aromatic N) is 2. The third kappa shape index (κ3) is 3.60. The number of sulfonamides is 1. The van der Waals surface area contributed by atoms with Crippen LogP contribution in [0.25, 0.3) is 0 Å². The highest BCUT2D eigenvalue weighted by molar-refractivity contribution is 7.88. The molecule has 0 amide bonds. The predicted molar refractivity (Wildman–Crippen MR) is 99.8 cm³/mol. The molecule has 2 aliphatic heterocycles. The Labute approximate surface area is 154 Å². The van der Waals surface area contributed by atoms with Crippen LogP contribution in [-0.4, -0.2) is 43.3 Å². The van der Waals surface area contributed by atoms with E-state index >= 15 is 0 Å². The van der Waals surface area contributed by atoms with E-state index in [0.717, 1.165) is 23.7 Å². The lowest BCUT2D eigenvalue weighted by molar-refractivity contribution is 0.0435. The minimum atomic E-state index is -3.26. The van der Waals surface area contributed by atoms with E-state index in [-0.39, 0.29) is 5.75 Å². The molecule has 0 N–H and O–H groups in total. The summed E-state index contributed by atoms with van der Waals surface area (Å²) in [6.45, 7) is 3.02. The molecule has 0 aromatic heterocycles. The molecule has 2 aromatic rings. The molecule has 0 spiro atoms. The van der Waals surface area contributed by atoms with Crippen LogP contribution in [0.2, 0.25) is 5.02 Å². The SMILES string of the molecule is O=S(=O)(Cc1ccccc1)N1C[C@@H]2CN(Cc3cccc(Cl)c3)[C@@H]2C1. The van der Waals surface area contributed by atoms with Crippen LogP contribution in [0.1, 0.15) is 11.1 Å². The van der Waals surface area contributed by atoms with Crippen LogP contribution in [0.15, 0.2) is 54.6 Å². The quantitative estimate of drug-likeness (QED) is 0.805. The number of halogens is 1. The van der Waals surface area contributed by atoms with Crippen molar-refractivity contribution in [2.24, 2.45) is 5.92 Å². The van der Waals surface area contributed by atoms with Gasteiger partial charge in [0.15, 0.2) is 0 Å². The summed E-state index contributed by atoms with van der Waals surface area (Å²) in [5, 5.41) is 0.744. The van der Waals surface area contributed by atoms with Crippen molar-refractivity contribution in [3.8, 4) is 0 Å². The number of likely N-dealkylation sites (tertiary alicyclic amines) is 1. The molecular weight excluding hydrogens is 356 g/mol. The summed E-state index contributed by atoms with van der Waals surface area (Å²) in [5.41, 5.74) is 2.02. The Morgan fingerprint density at radius 3 is 2.48 bits per heavy atom. The molecule has 4 nitrogen and oxygen atoms in total. The summed E-state index contributed by atoms with van der Waals surface area (Å²) in [6.07, 6.45) is 0. The van der Waals surface area contributed by atoms with Gasteiger partial charge in [0.05, 0.1) is 5.75 Å². The average Bonchev–Trinajstić information content (AvgIpc) is 2.91. The number of hydrogen-bond acceptors (Lipinski definition) is 3. The minimum Gasteiger partial charge on any atom is -0.294 e. The highest BCUT2D eigenvalue weighted by Crippen LogP contribution is 2.35. The lowest BCUT2D eigenvalue weighted by Crippen LogP contribution is -2.54. The molecule has 2 aromatic carbocycles. The van der Waals surface area contributed by atoms with Gasteiger partial charge in [0.2, 0.25) is 10.0 Å². The van der Waals surface area contributed by atoms with Gasteiger partial charge >= 0.3 is 0 Å². The zero-order valence-corrected chi connectivity index (χ0v) is 15.5. The molecule has 2 aliphatic rings. The smallest absolute Gasteiger partial charge is 0.218 e. The van der Waals surface area contributed by atoms with Gasteiger partial charge in [-0.1, -0.05) is 54.1 Å². The highest BCUT2D eigenvalue weighted by Gasteiger charge is 2.48. The normalized spacial score (nSPS) is 24.0. The van der Waals surface area contributed by atoms with E-state index in [2.05, 4.69) is 11.0 Å². The molecule has 0 saturated carbocycles. The Kier molecular flexibility index (Phi) is 4.58. The van der Waals surface area contributed by atoms with Crippen molar-refractivity contribution >= 4 is 21.6 Å². The fourth-order valence-corrected chi connectivity index (χ4v) is 5.67. The number of hydrogen-bond donors (Lipinski definition) is 0. The molecule has 2 fully saturated rings. The first-order valence-electron chi connectivity index (χ1n) is 8.51. The molecule has 0 unspecified atom stereocenters. The minimum absolute atomic E-state index is 0.0849. The number of fused-ring (bicyclic) bond motifs is 1. The molecule has 0 radical (unpaired) electrons. The lowest BCUT2D eigenvalue weighted by atomic mass is 9.91. The van der Waals surface area contributed by atoms with Gasteiger partial charge in [-0.15, -0.1) is 0 Å². The van der Waals surface area contributed by atoms with E-state index in [9.17, 15) is 8.42 Å². The molecule has 0 bridgehead atoms. The monoisotopic (exact) mass is 376 g/mol. The number of benzene rings is 2. The number of rotatable bonds is 5. The molecular formula is C19H21ClN2O2S. The molecule has 2 saturated heterocycles. The summed E-state index contributed by atoms with van der Waals surface area (Å²) in [7, 11) is -3.26. The van der Waals surface area contributed by atoms with Crippen LogP contribution >= 0.6 is 11.6 Å². The Morgan fingerprint density at radius 1 is 0.960 bits per heavy atom. The van der Waals surface area contributed by atoms with Crippen LogP contribution in [0.4, 0.5) is 0 Å². The van der Waals surface area contributed by atoms with Crippen LogP contribution < -0.4 is 0 Å². The molecule has 2 atom stereocenters. The van der Waals surface area contributed by atoms with Crippen molar-refractivity contribution < 1.29 is 8.42 Å². The van der Waals surface area contributed by atoms with Crippen LogP contribution in [0.3, 0.4) is 0 Å². The van der Waals surface area contributed by atoms with Gasteiger partial charge in [-0.2, -0.15) is 4.31 Å². The topological polar surface area (TPSA) is 40.6 Å². The molecule has 4 rings (SSSR count). The van der Waals surface area contributed by atoms with Crippen LogP contribution in [-0.2, 0) is 22.3 Å². The summed E-state index contributed by atoms with van der Waals surface area (Å²) < 4.78 is 27.1. The fraction of sp³-hybridized carbons (Fsp3) is 0.368. The second-order valence-corrected chi connectivity index (χ2v) is 9.35. The van der Waals surface area contributed by atoms with Gasteiger partial charge in [0.25, 0.3) is 0 Å². The maximum Gasteiger partial charge on any atom is 0.218 e. The van der Waals surface area contributed by atoms with E-state index in [1.165, 1.54) is 5.56 Å². The fourth-order valence-electron chi connectivity index (χ4n) is 3.86. The Balaban J connectivity index is 1.40. The van der Waals surface area contributed by atoms with E-state index < -0.39 is 10.0 Å². The first-order valence-corrected chi connectivity index (χ1v) is 10.5. The maximum atomic E-state index is 12.7. The molecule has 25 heavy (non-hydrogen) atoms. The predicted octanol–water partition coefficient (Wildman–Crippen LogP) is 2.99. The van der Waals surface area contributed by atoms with Crippen molar-refractivity contribution in [3.05, 3.63) is 70.7 Å². The van der Waals surface area contributed by atoms with E-state index in [1.807, 2.05) is 48.5 Å². The zero-order chi connectivity index (χ0) is 17.4. The second-order valence-electron chi connectivity index (χ2n) is 6.95. The summed E-state index contributed by atoms with van der Waals surface area (Å²) >= 11 is 6.05. The van der Waals surface area contributed by atoms with Crippen LogP contribution in [0, 0.1) is 5.92 Å². The largest absolute Gasteiger partial charge is 0.294 e. The van der Waals surface area contributed by atoms with Crippen molar-refractivity contribution in [2.75, 3.05) is 19.6 Å². The van der Waals surface area contributed by atoms with Gasteiger partial charge in [-0.25, -0.2) is 8.42 Å². The summed E-state index contributed by atoms with van der Waals surface area (Å²) in [6, 6.07) is 17.6. The third-order valence-electron chi connectivity index (χ3n) is 5.17. The summed E-state index contributed by atoms with van der Waals surface area (Å²) in [5.74, 6) is 0.534. The van der Waals surface area contributed by atoms with Gasteiger partial charge < -0.3 is 0 Å².